The third kappa shape index (κ3) is 3.75. The summed E-state index contributed by atoms with van der Waals surface area (Å²) in [5.74, 6) is 0.634. The van der Waals surface area contributed by atoms with Crippen LogP contribution >= 0.6 is 11.3 Å². The van der Waals surface area contributed by atoms with Gasteiger partial charge in [0, 0.05) is 19.5 Å². The molecule has 1 aliphatic heterocycles. The Kier molecular flexibility index (Phi) is 4.98. The van der Waals surface area contributed by atoms with Crippen LogP contribution in [-0.4, -0.2) is 39.0 Å². The first-order valence-corrected chi connectivity index (χ1v) is 9.76. The number of benzene rings is 1. The van der Waals surface area contributed by atoms with E-state index in [1.54, 1.807) is 23.7 Å². The Morgan fingerprint density at radius 2 is 2.26 bits per heavy atom. The Morgan fingerprint density at radius 3 is 3.04 bits per heavy atom. The van der Waals surface area contributed by atoms with Gasteiger partial charge in [-0.1, -0.05) is 17.3 Å². The van der Waals surface area contributed by atoms with Crippen LogP contribution in [0.15, 0.2) is 34.3 Å². The van der Waals surface area contributed by atoms with Crippen molar-refractivity contribution in [1.82, 2.24) is 20.0 Å². The van der Waals surface area contributed by atoms with E-state index in [9.17, 15) is 9.18 Å². The van der Waals surface area contributed by atoms with E-state index in [2.05, 4.69) is 15.1 Å². The van der Waals surface area contributed by atoms with Crippen molar-refractivity contribution < 1.29 is 13.7 Å². The highest BCUT2D eigenvalue weighted by molar-refractivity contribution is 7.11. The zero-order chi connectivity index (χ0) is 18.8. The summed E-state index contributed by atoms with van der Waals surface area (Å²) in [5, 5.41) is 3.91. The number of rotatable bonds is 4. The van der Waals surface area contributed by atoms with Crippen molar-refractivity contribution in [3.8, 4) is 11.4 Å². The standard InChI is InChI=1S/C19H19FN4O2S/c1-12-17(27-11-21-12)19(25)24-8-4-5-13(10-24)9-16-22-18(23-26-16)14-6-2-3-7-15(14)20/h2-3,6-7,11,13H,4-5,8-10H2,1H3/t13-/m0/s1. The number of halogens is 1. The van der Waals surface area contributed by atoms with Gasteiger partial charge in [0.15, 0.2) is 0 Å². The maximum Gasteiger partial charge on any atom is 0.265 e. The van der Waals surface area contributed by atoms with Crippen LogP contribution in [0.5, 0.6) is 0 Å². The van der Waals surface area contributed by atoms with Crippen LogP contribution < -0.4 is 0 Å². The van der Waals surface area contributed by atoms with Crippen molar-refractivity contribution in [3.05, 3.63) is 52.1 Å². The number of aryl methyl sites for hydroxylation is 1. The molecule has 0 spiro atoms. The molecule has 4 rings (SSSR count). The molecule has 0 N–H and O–H groups in total. The first-order valence-electron chi connectivity index (χ1n) is 8.88. The molecule has 0 saturated carbocycles. The molecule has 3 aromatic rings. The fourth-order valence-corrected chi connectivity index (χ4v) is 4.17. The highest BCUT2D eigenvalue weighted by atomic mass is 32.1. The van der Waals surface area contributed by atoms with Gasteiger partial charge in [-0.2, -0.15) is 4.98 Å². The van der Waals surface area contributed by atoms with Gasteiger partial charge in [0.05, 0.1) is 16.8 Å². The number of likely N-dealkylation sites (tertiary alicyclic amines) is 1. The molecular weight excluding hydrogens is 367 g/mol. The van der Waals surface area contributed by atoms with E-state index in [0.29, 0.717) is 29.3 Å². The highest BCUT2D eigenvalue weighted by Crippen LogP contribution is 2.25. The van der Waals surface area contributed by atoms with Gasteiger partial charge in [-0.05, 0) is 37.8 Å². The van der Waals surface area contributed by atoms with E-state index in [1.807, 2.05) is 11.8 Å². The molecule has 1 saturated heterocycles. The summed E-state index contributed by atoms with van der Waals surface area (Å²) >= 11 is 1.38. The van der Waals surface area contributed by atoms with Gasteiger partial charge < -0.3 is 9.42 Å². The molecule has 1 aliphatic rings. The number of hydrogen-bond acceptors (Lipinski definition) is 6. The fraction of sp³-hybridized carbons (Fsp3) is 0.368. The zero-order valence-electron chi connectivity index (χ0n) is 14.9. The molecule has 2 aromatic heterocycles. The summed E-state index contributed by atoms with van der Waals surface area (Å²) in [6.07, 6.45) is 2.50. The Hall–Kier alpha value is -2.61. The number of piperidine rings is 1. The number of thiazole rings is 1. The van der Waals surface area contributed by atoms with E-state index in [4.69, 9.17) is 4.52 Å². The van der Waals surface area contributed by atoms with Crippen LogP contribution in [0.25, 0.3) is 11.4 Å². The SMILES string of the molecule is Cc1ncsc1C(=O)N1CCC[C@@H](Cc2nc(-c3ccccc3F)no2)C1. The van der Waals surface area contributed by atoms with E-state index >= 15 is 0 Å². The summed E-state index contributed by atoms with van der Waals surface area (Å²) in [5.41, 5.74) is 2.80. The van der Waals surface area contributed by atoms with Gasteiger partial charge in [-0.25, -0.2) is 9.37 Å². The first kappa shape index (κ1) is 17.8. The predicted molar refractivity (Wildman–Crippen MR) is 98.9 cm³/mol. The van der Waals surface area contributed by atoms with Gasteiger partial charge in [0.1, 0.15) is 10.7 Å². The molecule has 1 atom stereocenters. The summed E-state index contributed by atoms with van der Waals surface area (Å²) in [4.78, 5) is 23.8. The Balaban J connectivity index is 1.44. The van der Waals surface area contributed by atoms with E-state index in [1.165, 1.54) is 17.4 Å². The summed E-state index contributed by atoms with van der Waals surface area (Å²) in [6, 6.07) is 6.36. The van der Waals surface area contributed by atoms with Gasteiger partial charge >= 0.3 is 0 Å². The van der Waals surface area contributed by atoms with Gasteiger partial charge in [0.25, 0.3) is 5.91 Å². The zero-order valence-corrected chi connectivity index (χ0v) is 15.7. The van der Waals surface area contributed by atoms with Crippen LogP contribution in [0.2, 0.25) is 0 Å². The second-order valence-corrected chi connectivity index (χ2v) is 7.58. The fourth-order valence-electron chi connectivity index (χ4n) is 3.40. The number of carbonyl (C=O) groups is 1. The van der Waals surface area contributed by atoms with Gasteiger partial charge in [-0.3, -0.25) is 4.79 Å². The first-order chi connectivity index (χ1) is 13.1. The lowest BCUT2D eigenvalue weighted by molar-refractivity contribution is 0.0672. The molecule has 0 radical (unpaired) electrons. The number of aromatic nitrogens is 3. The lowest BCUT2D eigenvalue weighted by Gasteiger charge is -2.32. The topological polar surface area (TPSA) is 72.1 Å². The average molecular weight is 386 g/mol. The number of hydrogen-bond donors (Lipinski definition) is 0. The Morgan fingerprint density at radius 1 is 1.41 bits per heavy atom. The van der Waals surface area contributed by atoms with Crippen LogP contribution in [-0.2, 0) is 6.42 Å². The minimum atomic E-state index is -0.376. The summed E-state index contributed by atoms with van der Waals surface area (Å²) < 4.78 is 19.2. The molecule has 0 unspecified atom stereocenters. The van der Waals surface area contributed by atoms with Gasteiger partial charge in [0.2, 0.25) is 11.7 Å². The molecule has 1 amide bonds. The second-order valence-electron chi connectivity index (χ2n) is 6.72. The maximum absolute atomic E-state index is 13.9. The molecule has 27 heavy (non-hydrogen) atoms. The molecule has 0 bridgehead atoms. The summed E-state index contributed by atoms with van der Waals surface area (Å²) in [6.45, 7) is 3.25. The van der Waals surface area contributed by atoms with Crippen molar-refractivity contribution in [2.45, 2.75) is 26.2 Å². The predicted octanol–water partition coefficient (Wildman–Crippen LogP) is 3.74. The Labute approximate surface area is 160 Å². The van der Waals surface area contributed by atoms with E-state index in [-0.39, 0.29) is 23.5 Å². The van der Waals surface area contributed by atoms with E-state index in [0.717, 1.165) is 25.1 Å². The summed E-state index contributed by atoms with van der Waals surface area (Å²) in [7, 11) is 0. The van der Waals surface area contributed by atoms with Crippen molar-refractivity contribution in [2.24, 2.45) is 5.92 Å². The van der Waals surface area contributed by atoms with Crippen LogP contribution in [0.4, 0.5) is 4.39 Å². The van der Waals surface area contributed by atoms with Crippen LogP contribution in [0.3, 0.4) is 0 Å². The highest BCUT2D eigenvalue weighted by Gasteiger charge is 2.27. The molecule has 3 heterocycles. The van der Waals surface area contributed by atoms with Crippen LogP contribution in [0.1, 0.15) is 34.1 Å². The minimum Gasteiger partial charge on any atom is -0.339 e. The van der Waals surface area contributed by atoms with Gasteiger partial charge in [-0.15, -0.1) is 11.3 Å². The monoisotopic (exact) mass is 386 g/mol. The molecule has 140 valence electrons. The largest absolute Gasteiger partial charge is 0.339 e. The third-order valence-electron chi connectivity index (χ3n) is 4.79. The van der Waals surface area contributed by atoms with Crippen molar-refractivity contribution in [1.29, 1.82) is 0 Å². The normalized spacial score (nSPS) is 17.3. The lowest BCUT2D eigenvalue weighted by Crippen LogP contribution is -2.40. The molecule has 6 nitrogen and oxygen atoms in total. The quantitative estimate of drug-likeness (QED) is 0.683. The number of carbonyl (C=O) groups excluding carboxylic acids is 1. The lowest BCUT2D eigenvalue weighted by atomic mass is 9.94. The number of amides is 1. The molecule has 1 aromatic carbocycles. The Bertz CT molecular complexity index is 955. The smallest absolute Gasteiger partial charge is 0.265 e. The molecule has 1 fully saturated rings. The maximum atomic E-state index is 13.9. The average Bonchev–Trinajstić information content (AvgIpc) is 3.31. The van der Waals surface area contributed by atoms with Crippen molar-refractivity contribution in [3.63, 3.8) is 0 Å². The minimum absolute atomic E-state index is 0.0391. The second kappa shape index (κ2) is 7.56. The third-order valence-corrected chi connectivity index (χ3v) is 5.71. The van der Waals surface area contributed by atoms with Crippen LogP contribution in [0, 0.1) is 18.7 Å². The van der Waals surface area contributed by atoms with Crippen molar-refractivity contribution in [2.75, 3.05) is 13.1 Å². The van der Waals surface area contributed by atoms with E-state index < -0.39 is 0 Å². The molecule has 8 heteroatoms. The molecule has 0 aliphatic carbocycles. The number of nitrogens with zero attached hydrogens (tertiary/aromatic N) is 4. The molecular formula is C19H19FN4O2S. The van der Waals surface area contributed by atoms with Crippen molar-refractivity contribution >= 4 is 17.2 Å².